The summed E-state index contributed by atoms with van der Waals surface area (Å²) in [6.45, 7) is 8.88. The van der Waals surface area contributed by atoms with Crippen molar-refractivity contribution in [2.75, 3.05) is 26.8 Å². The van der Waals surface area contributed by atoms with E-state index >= 15 is 0 Å². The van der Waals surface area contributed by atoms with Gasteiger partial charge in [-0.25, -0.2) is 4.98 Å². The second-order valence-corrected chi connectivity index (χ2v) is 11.6. The van der Waals surface area contributed by atoms with Crippen LogP contribution in [0.25, 0.3) is 10.2 Å². The first-order chi connectivity index (χ1) is 14.9. The van der Waals surface area contributed by atoms with Crippen molar-refractivity contribution in [1.82, 2.24) is 14.5 Å². The first-order valence-corrected chi connectivity index (χ1v) is 13.1. The van der Waals surface area contributed by atoms with E-state index in [0.717, 1.165) is 42.6 Å². The molecule has 2 aliphatic rings. The molecule has 2 aromatic heterocycles. The number of carbonyl (C=O) groups excluding carboxylic acids is 1. The van der Waals surface area contributed by atoms with Crippen LogP contribution in [0.4, 0.5) is 0 Å². The minimum absolute atomic E-state index is 0.0174. The molecule has 1 aliphatic heterocycles. The van der Waals surface area contributed by atoms with E-state index < -0.39 is 0 Å². The fraction of sp³-hybridized carbons (Fsp3) is 0.696. The van der Waals surface area contributed by atoms with Gasteiger partial charge in [-0.3, -0.25) is 14.2 Å². The highest BCUT2D eigenvalue weighted by atomic mass is 32.2. The zero-order valence-electron chi connectivity index (χ0n) is 19.0. The third-order valence-corrected chi connectivity index (χ3v) is 8.63. The third-order valence-electron chi connectivity index (χ3n) is 6.37. The highest BCUT2D eigenvalue weighted by Crippen LogP contribution is 2.35. The number of hydrogen-bond acceptors (Lipinski definition) is 6. The van der Waals surface area contributed by atoms with Crippen LogP contribution in [0, 0.1) is 11.8 Å². The van der Waals surface area contributed by atoms with Crippen molar-refractivity contribution < 1.29 is 9.53 Å². The van der Waals surface area contributed by atoms with Crippen molar-refractivity contribution in [3.05, 3.63) is 20.8 Å². The molecule has 1 amide bonds. The Labute approximate surface area is 192 Å². The van der Waals surface area contributed by atoms with Gasteiger partial charge < -0.3 is 9.64 Å². The lowest BCUT2D eigenvalue weighted by Gasteiger charge is -2.36. The van der Waals surface area contributed by atoms with Crippen LogP contribution >= 0.6 is 23.1 Å². The van der Waals surface area contributed by atoms with Crippen molar-refractivity contribution in [2.45, 2.75) is 69.8 Å². The number of rotatable bonds is 6. The van der Waals surface area contributed by atoms with E-state index in [9.17, 15) is 9.59 Å². The fourth-order valence-electron chi connectivity index (χ4n) is 5.00. The lowest BCUT2D eigenvalue weighted by atomic mass is 9.92. The van der Waals surface area contributed by atoms with E-state index in [2.05, 4.69) is 13.8 Å². The van der Waals surface area contributed by atoms with Gasteiger partial charge in [-0.05, 0) is 56.4 Å². The Bertz CT molecular complexity index is 1010. The molecule has 3 atom stereocenters. The second-order valence-electron chi connectivity index (χ2n) is 9.18. The molecule has 4 rings (SSSR count). The number of methoxy groups -OCH3 is 1. The van der Waals surface area contributed by atoms with E-state index in [-0.39, 0.29) is 16.7 Å². The number of thioether (sulfide) groups is 1. The van der Waals surface area contributed by atoms with Gasteiger partial charge in [0.2, 0.25) is 5.91 Å². The molecule has 3 heterocycles. The van der Waals surface area contributed by atoms with Gasteiger partial charge in [-0.1, -0.05) is 25.6 Å². The smallest absolute Gasteiger partial charge is 0.263 e. The van der Waals surface area contributed by atoms with E-state index in [1.807, 2.05) is 11.8 Å². The quantitative estimate of drug-likeness (QED) is 0.479. The van der Waals surface area contributed by atoms with Gasteiger partial charge >= 0.3 is 0 Å². The first-order valence-electron chi connectivity index (χ1n) is 11.4. The largest absolute Gasteiger partial charge is 0.383 e. The number of nitrogens with zero attached hydrogens (tertiary/aromatic N) is 3. The molecule has 2 aromatic rings. The highest BCUT2D eigenvalue weighted by Gasteiger charge is 2.30. The van der Waals surface area contributed by atoms with Gasteiger partial charge in [-0.2, -0.15) is 0 Å². The maximum Gasteiger partial charge on any atom is 0.263 e. The zero-order valence-corrected chi connectivity index (χ0v) is 20.6. The van der Waals surface area contributed by atoms with Crippen molar-refractivity contribution >= 4 is 39.2 Å². The number of fused-ring (bicyclic) bond motifs is 3. The molecule has 31 heavy (non-hydrogen) atoms. The standard InChI is InChI=1S/C23H33N3O3S2/c1-14-11-15(2)13-25(12-14)21(27)16(3)30-23-24-20-19(22(28)26(23)9-10-29-4)17-7-5-6-8-18(17)31-20/h14-16H,5-13H2,1-4H3/t14-,15+,16-/m0/s1. The predicted molar refractivity (Wildman–Crippen MR) is 127 cm³/mol. The third kappa shape index (κ3) is 4.71. The average molecular weight is 464 g/mol. The van der Waals surface area contributed by atoms with Gasteiger partial charge in [0.25, 0.3) is 5.56 Å². The van der Waals surface area contributed by atoms with Gasteiger partial charge in [0, 0.05) is 25.1 Å². The summed E-state index contributed by atoms with van der Waals surface area (Å²) in [5.74, 6) is 1.19. The molecular weight excluding hydrogens is 430 g/mol. The summed E-state index contributed by atoms with van der Waals surface area (Å²) < 4.78 is 6.99. The van der Waals surface area contributed by atoms with Crippen LogP contribution in [0.1, 0.15) is 50.5 Å². The Balaban J connectivity index is 1.65. The maximum absolute atomic E-state index is 13.5. The summed E-state index contributed by atoms with van der Waals surface area (Å²) in [5.41, 5.74) is 1.22. The lowest BCUT2D eigenvalue weighted by Crippen LogP contribution is -2.45. The van der Waals surface area contributed by atoms with Crippen LogP contribution in [0.15, 0.2) is 9.95 Å². The van der Waals surface area contributed by atoms with Crippen LogP contribution in [0.5, 0.6) is 0 Å². The normalized spacial score (nSPS) is 22.5. The molecule has 1 aliphatic carbocycles. The average Bonchev–Trinajstić information content (AvgIpc) is 3.10. The van der Waals surface area contributed by atoms with E-state index in [4.69, 9.17) is 9.72 Å². The summed E-state index contributed by atoms with van der Waals surface area (Å²) in [6, 6.07) is 0. The van der Waals surface area contributed by atoms with Crippen LogP contribution < -0.4 is 5.56 Å². The van der Waals surface area contributed by atoms with E-state index in [0.29, 0.717) is 30.1 Å². The summed E-state index contributed by atoms with van der Waals surface area (Å²) in [4.78, 5) is 35.7. The molecule has 0 N–H and O–H groups in total. The van der Waals surface area contributed by atoms with Crippen LogP contribution in [0.2, 0.25) is 0 Å². The molecule has 0 unspecified atom stereocenters. The van der Waals surface area contributed by atoms with Crippen LogP contribution in [-0.4, -0.2) is 52.4 Å². The molecule has 0 spiro atoms. The predicted octanol–water partition coefficient (Wildman–Crippen LogP) is 3.97. The summed E-state index contributed by atoms with van der Waals surface area (Å²) in [5, 5.41) is 1.13. The Morgan fingerprint density at radius 2 is 1.97 bits per heavy atom. The number of likely N-dealkylation sites (tertiary alicyclic amines) is 1. The van der Waals surface area contributed by atoms with Gasteiger partial charge in [0.15, 0.2) is 5.16 Å². The fourth-order valence-corrected chi connectivity index (χ4v) is 7.32. The molecule has 0 aromatic carbocycles. The number of aryl methyl sites for hydroxylation is 2. The molecule has 8 heteroatoms. The Kier molecular flexibility index (Phi) is 7.08. The highest BCUT2D eigenvalue weighted by molar-refractivity contribution is 8.00. The molecule has 0 bridgehead atoms. The van der Waals surface area contributed by atoms with Gasteiger partial charge in [0.05, 0.1) is 23.8 Å². The van der Waals surface area contributed by atoms with Gasteiger partial charge in [0.1, 0.15) is 4.83 Å². The monoisotopic (exact) mass is 463 g/mol. The van der Waals surface area contributed by atoms with Crippen molar-refractivity contribution in [3.63, 3.8) is 0 Å². The molecule has 1 fully saturated rings. The van der Waals surface area contributed by atoms with Crippen LogP contribution in [0.3, 0.4) is 0 Å². The molecule has 6 nitrogen and oxygen atoms in total. The summed E-state index contributed by atoms with van der Waals surface area (Å²) >= 11 is 3.07. The number of aromatic nitrogens is 2. The number of ether oxygens (including phenoxy) is 1. The number of piperidine rings is 1. The Morgan fingerprint density at radius 1 is 1.26 bits per heavy atom. The van der Waals surface area contributed by atoms with Crippen molar-refractivity contribution in [3.8, 4) is 0 Å². The Hall–Kier alpha value is -1.38. The number of carbonyl (C=O) groups is 1. The molecular formula is C23H33N3O3S2. The minimum atomic E-state index is -0.287. The number of thiophene rings is 1. The molecule has 0 radical (unpaired) electrons. The molecule has 170 valence electrons. The van der Waals surface area contributed by atoms with Crippen molar-refractivity contribution in [1.29, 1.82) is 0 Å². The first kappa shape index (κ1) is 22.8. The molecule has 1 saturated heterocycles. The zero-order chi connectivity index (χ0) is 22.1. The van der Waals surface area contributed by atoms with Crippen molar-refractivity contribution in [2.24, 2.45) is 11.8 Å². The van der Waals surface area contributed by atoms with E-state index in [1.165, 1.54) is 35.0 Å². The number of amides is 1. The van der Waals surface area contributed by atoms with E-state index in [1.54, 1.807) is 23.0 Å². The molecule has 0 saturated carbocycles. The lowest BCUT2D eigenvalue weighted by molar-refractivity contribution is -0.132. The maximum atomic E-state index is 13.5. The van der Waals surface area contributed by atoms with Gasteiger partial charge in [-0.15, -0.1) is 11.3 Å². The minimum Gasteiger partial charge on any atom is -0.383 e. The van der Waals surface area contributed by atoms with Crippen LogP contribution in [-0.2, 0) is 28.9 Å². The SMILES string of the molecule is COCCn1c(S[C@@H](C)C(=O)N2C[C@H](C)C[C@H](C)C2)nc2sc3c(c2c1=O)CCCC3. The topological polar surface area (TPSA) is 64.4 Å². The summed E-state index contributed by atoms with van der Waals surface area (Å²) in [7, 11) is 1.64. The summed E-state index contributed by atoms with van der Waals surface area (Å²) in [6.07, 6.45) is 5.48. The second kappa shape index (κ2) is 9.63. The Morgan fingerprint density at radius 3 is 2.68 bits per heavy atom. The number of hydrogen-bond donors (Lipinski definition) is 0.